The van der Waals surface area contributed by atoms with Crippen LogP contribution >= 0.6 is 11.6 Å². The number of sulfonamides is 1. The Kier molecular flexibility index (Phi) is 8.90. The van der Waals surface area contributed by atoms with E-state index in [1.54, 1.807) is 48.3 Å². The zero-order chi connectivity index (χ0) is 32.7. The Morgan fingerprint density at radius 1 is 0.978 bits per heavy atom. The second kappa shape index (κ2) is 12.5. The van der Waals surface area contributed by atoms with Crippen LogP contribution in [0.4, 0.5) is 18.9 Å². The average Bonchev–Trinajstić information content (AvgIpc) is 3.54. The van der Waals surface area contributed by atoms with Gasteiger partial charge in [-0.05, 0) is 98.7 Å². The average molecular weight is 675 g/mol. The molecule has 2 heterocycles. The first-order chi connectivity index (χ1) is 21.8. The van der Waals surface area contributed by atoms with Crippen LogP contribution in [-0.4, -0.2) is 69.0 Å². The predicted octanol–water partition coefficient (Wildman–Crippen LogP) is 6.07. The molecule has 2 fully saturated rings. The van der Waals surface area contributed by atoms with Gasteiger partial charge in [0.15, 0.2) is 0 Å². The van der Waals surface area contributed by atoms with Crippen molar-refractivity contribution in [3.05, 3.63) is 94.5 Å². The summed E-state index contributed by atoms with van der Waals surface area (Å²) in [6.07, 6.45) is -0.242. The Hall–Kier alpha value is -3.12. The lowest BCUT2D eigenvalue weighted by Gasteiger charge is -2.43. The number of carbonyl (C=O) groups is 1. The largest absolute Gasteiger partial charge is 0.416 e. The van der Waals surface area contributed by atoms with E-state index in [4.69, 9.17) is 11.6 Å². The lowest BCUT2D eigenvalue weighted by Crippen LogP contribution is -2.56. The van der Waals surface area contributed by atoms with Gasteiger partial charge in [0.25, 0.3) is 0 Å². The molecule has 0 saturated carbocycles. The fourth-order valence-corrected chi connectivity index (χ4v) is 9.12. The third-order valence-corrected chi connectivity index (χ3v) is 12.2. The zero-order valence-electron chi connectivity index (χ0n) is 25.7. The van der Waals surface area contributed by atoms with E-state index in [0.717, 1.165) is 55.5 Å². The van der Waals surface area contributed by atoms with Gasteiger partial charge in [0.1, 0.15) is 5.54 Å². The SMILES string of the molecule is CN(CC1(CCCN2CCC3(CC2)C(=O)NCN3c2cccc(C(F)(F)F)c2)CCc2cc(Cl)ccc21)S(=O)(=O)c1ccccc1. The number of piperidine rings is 1. The number of nitrogens with zero attached hydrogens (tertiary/aromatic N) is 3. The number of benzene rings is 3. The molecule has 46 heavy (non-hydrogen) atoms. The second-order valence-electron chi connectivity index (χ2n) is 12.8. The summed E-state index contributed by atoms with van der Waals surface area (Å²) in [4.78, 5) is 17.5. The molecule has 1 aliphatic carbocycles. The quantitative estimate of drug-likeness (QED) is 0.298. The highest BCUT2D eigenvalue weighted by molar-refractivity contribution is 7.89. The number of rotatable bonds is 9. The van der Waals surface area contributed by atoms with E-state index in [1.807, 2.05) is 18.2 Å². The van der Waals surface area contributed by atoms with Gasteiger partial charge in [-0.3, -0.25) is 4.79 Å². The highest BCUT2D eigenvalue weighted by atomic mass is 35.5. The molecule has 3 aromatic carbocycles. The van der Waals surface area contributed by atoms with Crippen molar-refractivity contribution in [2.45, 2.75) is 60.6 Å². The van der Waals surface area contributed by atoms with Crippen molar-refractivity contribution in [2.24, 2.45) is 0 Å². The third-order valence-electron chi connectivity index (χ3n) is 10.1. The summed E-state index contributed by atoms with van der Waals surface area (Å²) in [6.45, 7) is 2.54. The molecule has 2 saturated heterocycles. The monoisotopic (exact) mass is 674 g/mol. The first kappa shape index (κ1) is 32.8. The molecule has 1 N–H and O–H groups in total. The maximum absolute atomic E-state index is 13.5. The minimum absolute atomic E-state index is 0.146. The standard InChI is InChI=1S/C34H38ClF3N4O3S/c1-40(46(44,45)29-9-3-2-4-10-29)23-32(15-13-25-21-27(35)11-12-30(25)32)14-6-18-41-19-16-33(17-20-41)31(43)39-24-42(33)28-8-5-7-26(22-28)34(36,37)38/h2-5,7-12,21-22H,6,13-20,23-24H2,1H3,(H,39,43). The van der Waals surface area contributed by atoms with E-state index in [2.05, 4.69) is 10.2 Å². The highest BCUT2D eigenvalue weighted by Crippen LogP contribution is 2.45. The van der Waals surface area contributed by atoms with Crippen molar-refractivity contribution in [3.63, 3.8) is 0 Å². The van der Waals surface area contributed by atoms with Crippen LogP contribution < -0.4 is 10.2 Å². The van der Waals surface area contributed by atoms with Crippen LogP contribution in [0.1, 0.15) is 48.8 Å². The van der Waals surface area contributed by atoms with Crippen LogP contribution in [0.5, 0.6) is 0 Å². The summed E-state index contributed by atoms with van der Waals surface area (Å²) in [5.74, 6) is -0.146. The Bertz CT molecular complexity index is 1700. The van der Waals surface area contributed by atoms with Crippen LogP contribution in [0.3, 0.4) is 0 Å². The number of hydrogen-bond acceptors (Lipinski definition) is 5. The van der Waals surface area contributed by atoms with E-state index < -0.39 is 27.3 Å². The van der Waals surface area contributed by atoms with E-state index in [9.17, 15) is 26.4 Å². The molecule has 7 nitrogen and oxygen atoms in total. The number of alkyl halides is 3. The van der Waals surface area contributed by atoms with Crippen molar-refractivity contribution in [1.29, 1.82) is 0 Å². The molecule has 6 rings (SSSR count). The molecule has 1 unspecified atom stereocenters. The number of halogens is 4. The Balaban J connectivity index is 1.14. The molecule has 1 amide bonds. The van der Waals surface area contributed by atoms with Gasteiger partial charge in [-0.15, -0.1) is 0 Å². The number of carbonyl (C=O) groups excluding carboxylic acids is 1. The van der Waals surface area contributed by atoms with E-state index in [0.29, 0.717) is 43.2 Å². The van der Waals surface area contributed by atoms with E-state index in [1.165, 1.54) is 10.4 Å². The molecular formula is C34H38ClF3N4O3S. The van der Waals surface area contributed by atoms with Crippen molar-refractivity contribution < 1.29 is 26.4 Å². The van der Waals surface area contributed by atoms with Crippen LogP contribution in [0.25, 0.3) is 0 Å². The Morgan fingerprint density at radius 3 is 2.43 bits per heavy atom. The molecular weight excluding hydrogens is 637 g/mol. The number of likely N-dealkylation sites (tertiary alicyclic amines) is 1. The Morgan fingerprint density at radius 2 is 1.72 bits per heavy atom. The predicted molar refractivity (Wildman–Crippen MR) is 172 cm³/mol. The maximum atomic E-state index is 13.5. The maximum Gasteiger partial charge on any atom is 0.416 e. The summed E-state index contributed by atoms with van der Waals surface area (Å²) in [5, 5.41) is 3.53. The van der Waals surface area contributed by atoms with Crippen molar-refractivity contribution in [3.8, 4) is 0 Å². The topological polar surface area (TPSA) is 73.0 Å². The molecule has 2 aliphatic heterocycles. The van der Waals surface area contributed by atoms with Crippen molar-refractivity contribution in [2.75, 3.05) is 44.8 Å². The highest BCUT2D eigenvalue weighted by Gasteiger charge is 2.50. The number of anilines is 1. The molecule has 12 heteroatoms. The first-order valence-corrected chi connectivity index (χ1v) is 17.4. The molecule has 3 aromatic rings. The molecule has 3 aliphatic rings. The van der Waals surface area contributed by atoms with Crippen LogP contribution in [0.15, 0.2) is 77.7 Å². The zero-order valence-corrected chi connectivity index (χ0v) is 27.3. The normalized spacial score (nSPS) is 21.6. The van der Waals surface area contributed by atoms with Gasteiger partial charge >= 0.3 is 6.18 Å². The summed E-state index contributed by atoms with van der Waals surface area (Å²) in [5.41, 5.74) is 0.685. The van der Waals surface area contributed by atoms with Gasteiger partial charge in [-0.1, -0.05) is 41.9 Å². The molecule has 1 atom stereocenters. The lowest BCUT2D eigenvalue weighted by molar-refractivity contribution is -0.137. The first-order valence-electron chi connectivity index (χ1n) is 15.6. The van der Waals surface area contributed by atoms with Gasteiger partial charge in [0.05, 0.1) is 17.1 Å². The number of fused-ring (bicyclic) bond motifs is 1. The van der Waals surface area contributed by atoms with E-state index >= 15 is 0 Å². The molecule has 0 aromatic heterocycles. The van der Waals surface area contributed by atoms with E-state index in [-0.39, 0.29) is 22.9 Å². The summed E-state index contributed by atoms with van der Waals surface area (Å²) in [6, 6.07) is 19.5. The number of aryl methyl sites for hydroxylation is 1. The van der Waals surface area contributed by atoms with Crippen molar-refractivity contribution >= 4 is 33.2 Å². The molecule has 246 valence electrons. The van der Waals surface area contributed by atoms with Gasteiger partial charge in [-0.25, -0.2) is 12.7 Å². The lowest BCUT2D eigenvalue weighted by atomic mass is 9.77. The van der Waals surface area contributed by atoms with Crippen LogP contribution in [0, 0.1) is 0 Å². The summed E-state index contributed by atoms with van der Waals surface area (Å²) in [7, 11) is -2.04. The van der Waals surface area contributed by atoms with Gasteiger partial charge in [0, 0.05) is 42.8 Å². The molecule has 1 spiro atoms. The minimum atomic E-state index is -4.46. The summed E-state index contributed by atoms with van der Waals surface area (Å²) < 4.78 is 68.8. The smallest absolute Gasteiger partial charge is 0.339 e. The molecule has 0 radical (unpaired) electrons. The molecule has 0 bridgehead atoms. The number of nitrogens with one attached hydrogen (secondary N) is 1. The fraction of sp³-hybridized carbons (Fsp3) is 0.441. The van der Waals surface area contributed by atoms with Gasteiger partial charge in [0.2, 0.25) is 15.9 Å². The number of hydrogen-bond donors (Lipinski definition) is 1. The van der Waals surface area contributed by atoms with Crippen LogP contribution in [0.2, 0.25) is 5.02 Å². The van der Waals surface area contributed by atoms with Crippen LogP contribution in [-0.2, 0) is 32.8 Å². The second-order valence-corrected chi connectivity index (χ2v) is 15.3. The number of likely N-dealkylation sites (N-methyl/N-ethyl adjacent to an activating group) is 1. The Labute approximate surface area is 273 Å². The third kappa shape index (κ3) is 6.14. The minimum Gasteiger partial charge on any atom is -0.339 e. The number of amides is 1. The fourth-order valence-electron chi connectivity index (χ4n) is 7.64. The van der Waals surface area contributed by atoms with Gasteiger partial charge in [-0.2, -0.15) is 13.2 Å². The summed E-state index contributed by atoms with van der Waals surface area (Å²) >= 11 is 6.32. The van der Waals surface area contributed by atoms with Crippen molar-refractivity contribution in [1.82, 2.24) is 14.5 Å². The van der Waals surface area contributed by atoms with Gasteiger partial charge < -0.3 is 15.1 Å².